The van der Waals surface area contributed by atoms with Gasteiger partial charge < -0.3 is 20.3 Å². The number of nitrogens with two attached hydrogens (primary N) is 1. The largest absolute Gasteiger partial charge is 0.454 e. The number of likely N-dealkylation sites (tertiary alicyclic amines) is 1. The van der Waals surface area contributed by atoms with Crippen molar-refractivity contribution in [2.45, 2.75) is 31.1 Å². The number of nitrogens with one attached hydrogen (secondary N) is 2. The smallest absolute Gasteiger partial charge is 0.257 e. The second kappa shape index (κ2) is 9.52. The van der Waals surface area contributed by atoms with Crippen LogP contribution in [0, 0.1) is 11.7 Å². The standard InChI is InChI=1S/C26H28FN5O3/c1-2-22(33)31-12-6-7-17(14-31)32-15-19(23-24(32)26(34)30-29-25(23)28)16-10-11-21(20(27)13-16)35-18-8-4-3-5-9-18/h2-5,8-11,13,15,17,23-25,29H,1,6-7,12,14,28H2,(H,30,34)/t17-,23?,24?,25?/m1/s1. The number of carbonyl (C=O) groups is 2. The van der Waals surface area contributed by atoms with Crippen LogP contribution in [0.1, 0.15) is 18.4 Å². The van der Waals surface area contributed by atoms with Gasteiger partial charge in [-0.15, -0.1) is 0 Å². The summed E-state index contributed by atoms with van der Waals surface area (Å²) in [5.41, 5.74) is 13.3. The number of hydrogen-bond donors (Lipinski definition) is 3. The minimum absolute atomic E-state index is 0.0702. The van der Waals surface area contributed by atoms with E-state index in [1.165, 1.54) is 12.1 Å². The second-order valence-corrected chi connectivity index (χ2v) is 9.01. The Morgan fingerprint density at radius 1 is 1.23 bits per heavy atom. The van der Waals surface area contributed by atoms with E-state index in [1.54, 1.807) is 29.2 Å². The summed E-state index contributed by atoms with van der Waals surface area (Å²) >= 11 is 0. The Morgan fingerprint density at radius 3 is 2.77 bits per heavy atom. The topological polar surface area (TPSA) is 99.9 Å². The molecule has 3 aliphatic rings. The van der Waals surface area contributed by atoms with Crippen molar-refractivity contribution in [2.24, 2.45) is 11.7 Å². The van der Waals surface area contributed by atoms with Crippen molar-refractivity contribution in [1.29, 1.82) is 0 Å². The van der Waals surface area contributed by atoms with Crippen LogP contribution in [0.4, 0.5) is 4.39 Å². The zero-order chi connectivity index (χ0) is 24.5. The van der Waals surface area contributed by atoms with Gasteiger partial charge in [0.15, 0.2) is 11.6 Å². The van der Waals surface area contributed by atoms with Crippen LogP contribution in [-0.4, -0.2) is 53.0 Å². The highest BCUT2D eigenvalue weighted by atomic mass is 19.1. The van der Waals surface area contributed by atoms with E-state index in [9.17, 15) is 9.59 Å². The predicted molar refractivity (Wildman–Crippen MR) is 129 cm³/mol. The Balaban J connectivity index is 1.46. The quantitative estimate of drug-likeness (QED) is 0.572. The van der Waals surface area contributed by atoms with Gasteiger partial charge in [-0.2, -0.15) is 0 Å². The average molecular weight is 478 g/mol. The van der Waals surface area contributed by atoms with Crippen molar-refractivity contribution in [3.63, 3.8) is 0 Å². The Labute approximate surface area is 203 Å². The molecule has 2 saturated heterocycles. The number of para-hydroxylation sites is 1. The van der Waals surface area contributed by atoms with Crippen LogP contribution in [0.5, 0.6) is 11.5 Å². The first-order chi connectivity index (χ1) is 17.0. The van der Waals surface area contributed by atoms with Gasteiger partial charge >= 0.3 is 0 Å². The summed E-state index contributed by atoms with van der Waals surface area (Å²) in [6.45, 7) is 4.72. The number of rotatable bonds is 5. The molecule has 35 heavy (non-hydrogen) atoms. The van der Waals surface area contributed by atoms with Crippen LogP contribution in [0.3, 0.4) is 0 Å². The number of halogens is 1. The van der Waals surface area contributed by atoms with Crippen LogP contribution >= 0.6 is 0 Å². The van der Waals surface area contributed by atoms with E-state index in [2.05, 4.69) is 17.4 Å². The molecule has 0 spiro atoms. The molecule has 2 amide bonds. The van der Waals surface area contributed by atoms with Crippen molar-refractivity contribution in [2.75, 3.05) is 13.1 Å². The lowest BCUT2D eigenvalue weighted by Gasteiger charge is -2.43. The Bertz CT molecular complexity index is 1170. The highest BCUT2D eigenvalue weighted by Crippen LogP contribution is 2.41. The third kappa shape index (κ3) is 4.40. The number of fused-ring (bicyclic) bond motifs is 1. The number of piperidine rings is 1. The number of ether oxygens (including phenoxy) is 1. The third-order valence-corrected chi connectivity index (χ3v) is 6.87. The molecule has 3 aliphatic heterocycles. The molecule has 3 unspecified atom stereocenters. The highest BCUT2D eigenvalue weighted by Gasteiger charge is 2.49. The number of benzene rings is 2. The summed E-state index contributed by atoms with van der Waals surface area (Å²) in [6.07, 6.45) is 4.29. The Kier molecular flexibility index (Phi) is 6.27. The second-order valence-electron chi connectivity index (χ2n) is 9.01. The number of carbonyl (C=O) groups excluding carboxylic acids is 2. The fourth-order valence-corrected chi connectivity index (χ4v) is 5.19. The number of nitrogens with zero attached hydrogens (tertiary/aromatic N) is 2. The van der Waals surface area contributed by atoms with Gasteiger partial charge in [0.2, 0.25) is 5.91 Å². The van der Waals surface area contributed by atoms with E-state index in [4.69, 9.17) is 10.5 Å². The zero-order valence-electron chi connectivity index (χ0n) is 19.2. The van der Waals surface area contributed by atoms with Crippen LogP contribution in [0.25, 0.3) is 5.57 Å². The lowest BCUT2D eigenvalue weighted by Crippen LogP contribution is -2.67. The Morgan fingerprint density at radius 2 is 2.03 bits per heavy atom. The van der Waals surface area contributed by atoms with E-state index in [1.807, 2.05) is 29.3 Å². The molecule has 9 heteroatoms. The molecule has 2 fully saturated rings. The molecule has 0 aromatic heterocycles. The van der Waals surface area contributed by atoms with Crippen LogP contribution in [-0.2, 0) is 9.59 Å². The molecule has 2 aromatic rings. The van der Waals surface area contributed by atoms with E-state index in [0.29, 0.717) is 24.4 Å². The van der Waals surface area contributed by atoms with Gasteiger partial charge in [-0.05, 0) is 54.3 Å². The molecule has 0 radical (unpaired) electrons. The fraction of sp³-hybridized carbons (Fsp3) is 0.308. The highest BCUT2D eigenvalue weighted by molar-refractivity contribution is 5.89. The molecular formula is C26H28FN5O3. The summed E-state index contributed by atoms with van der Waals surface area (Å²) < 4.78 is 20.8. The first-order valence-electron chi connectivity index (χ1n) is 11.7. The first kappa shape index (κ1) is 23.1. The van der Waals surface area contributed by atoms with Crippen molar-refractivity contribution in [3.8, 4) is 11.5 Å². The molecule has 2 aromatic carbocycles. The lowest BCUT2D eigenvalue weighted by molar-refractivity contribution is -0.132. The fourth-order valence-electron chi connectivity index (χ4n) is 5.19. The minimum atomic E-state index is -0.563. The van der Waals surface area contributed by atoms with Crippen molar-refractivity contribution in [1.82, 2.24) is 20.7 Å². The van der Waals surface area contributed by atoms with Gasteiger partial charge in [-0.1, -0.05) is 30.8 Å². The summed E-state index contributed by atoms with van der Waals surface area (Å²) in [4.78, 5) is 28.9. The van der Waals surface area contributed by atoms with E-state index >= 15 is 4.39 Å². The molecular weight excluding hydrogens is 449 g/mol. The molecule has 3 heterocycles. The maximum atomic E-state index is 15.1. The monoisotopic (exact) mass is 477 g/mol. The van der Waals surface area contributed by atoms with Crippen LogP contribution < -0.4 is 21.3 Å². The van der Waals surface area contributed by atoms with Gasteiger partial charge in [0.25, 0.3) is 5.91 Å². The molecule has 0 aliphatic carbocycles. The van der Waals surface area contributed by atoms with E-state index in [0.717, 1.165) is 18.4 Å². The summed E-state index contributed by atoms with van der Waals surface area (Å²) in [5.74, 6) is -0.589. The van der Waals surface area contributed by atoms with Gasteiger partial charge in [0, 0.05) is 31.2 Å². The average Bonchev–Trinajstić information content (AvgIpc) is 3.30. The summed E-state index contributed by atoms with van der Waals surface area (Å²) in [7, 11) is 0. The van der Waals surface area contributed by atoms with Crippen molar-refractivity contribution >= 4 is 17.4 Å². The molecule has 182 valence electrons. The number of amides is 2. The van der Waals surface area contributed by atoms with Gasteiger partial charge in [-0.25, -0.2) is 9.82 Å². The first-order valence-corrected chi connectivity index (χ1v) is 11.7. The normalized spacial score (nSPS) is 26.0. The van der Waals surface area contributed by atoms with Gasteiger partial charge in [0.05, 0.1) is 6.17 Å². The number of hydrazine groups is 1. The third-order valence-electron chi connectivity index (χ3n) is 6.87. The minimum Gasteiger partial charge on any atom is -0.454 e. The van der Waals surface area contributed by atoms with Crippen LogP contribution in [0.2, 0.25) is 0 Å². The molecule has 0 saturated carbocycles. The SMILES string of the molecule is C=CC(=O)N1CCC[C@@H](N2C=C(c3ccc(Oc4ccccc4)c(F)c3)C3C(N)NNC(=O)C32)C1. The maximum Gasteiger partial charge on any atom is 0.257 e. The predicted octanol–water partition coefficient (Wildman–Crippen LogP) is 2.36. The Hall–Kier alpha value is -3.69. The van der Waals surface area contributed by atoms with Gasteiger partial charge in [-0.3, -0.25) is 15.0 Å². The zero-order valence-corrected chi connectivity index (χ0v) is 19.2. The van der Waals surface area contributed by atoms with Crippen LogP contribution in [0.15, 0.2) is 67.4 Å². The van der Waals surface area contributed by atoms with Gasteiger partial charge in [0.1, 0.15) is 11.8 Å². The maximum absolute atomic E-state index is 15.1. The van der Waals surface area contributed by atoms with Crippen molar-refractivity contribution < 1.29 is 18.7 Å². The molecule has 4 atom stereocenters. The molecule has 5 rings (SSSR count). The molecule has 4 N–H and O–H groups in total. The van der Waals surface area contributed by atoms with E-state index < -0.39 is 23.9 Å². The molecule has 0 bridgehead atoms. The summed E-state index contributed by atoms with van der Waals surface area (Å²) in [5, 5.41) is 0. The van der Waals surface area contributed by atoms with E-state index in [-0.39, 0.29) is 23.6 Å². The lowest BCUT2D eigenvalue weighted by atomic mass is 9.85. The summed E-state index contributed by atoms with van der Waals surface area (Å²) in [6, 6.07) is 13.2. The van der Waals surface area contributed by atoms with Crippen molar-refractivity contribution in [3.05, 3.63) is 78.8 Å². The number of hydrogen-bond acceptors (Lipinski definition) is 6. The molecule has 8 nitrogen and oxygen atoms in total.